The first-order valence-electron chi connectivity index (χ1n) is 4.17. The van der Waals surface area contributed by atoms with Gasteiger partial charge in [0.15, 0.2) is 0 Å². The van der Waals surface area contributed by atoms with Gasteiger partial charge in [-0.25, -0.2) is 0 Å². The molecule has 1 rings (SSSR count). The Bertz CT molecular complexity index is 266. The molecule has 1 aromatic carbocycles. The molecule has 0 aliphatic rings. The van der Waals surface area contributed by atoms with Gasteiger partial charge >= 0.3 is 0 Å². The summed E-state index contributed by atoms with van der Waals surface area (Å²) < 4.78 is 1.21. The highest BCUT2D eigenvalue weighted by Gasteiger charge is 2.16. The van der Waals surface area contributed by atoms with Gasteiger partial charge in [0.05, 0.1) is 8.07 Å². The van der Waals surface area contributed by atoms with E-state index in [0.29, 0.717) is 0 Å². The summed E-state index contributed by atoms with van der Waals surface area (Å²) in [6, 6.07) is 6.71. The second-order valence-corrected chi connectivity index (χ2v) is 10.3. The Morgan fingerprint density at radius 1 is 1.08 bits per heavy atom. The van der Waals surface area contributed by atoms with Crippen LogP contribution in [0.15, 0.2) is 22.7 Å². The predicted octanol–water partition coefficient (Wildman–Crippen LogP) is 3.30. The maximum Gasteiger partial charge on any atom is 0.0776 e. The van der Waals surface area contributed by atoms with Crippen molar-refractivity contribution < 1.29 is 0 Å². The van der Waals surface area contributed by atoms with Crippen LogP contribution in [0.25, 0.3) is 0 Å². The number of hydrogen-bond donors (Lipinski definition) is 0. The van der Waals surface area contributed by atoms with Crippen LogP contribution in [0.1, 0.15) is 5.56 Å². The number of aryl methyl sites for hydroxylation is 1. The first kappa shape index (κ1) is 10.0. The molecule has 0 unspecified atom stereocenters. The Hall–Kier alpha value is -0.0831. The zero-order chi connectivity index (χ0) is 9.35. The van der Waals surface area contributed by atoms with Gasteiger partial charge in [-0.2, -0.15) is 0 Å². The van der Waals surface area contributed by atoms with Gasteiger partial charge in [0.25, 0.3) is 0 Å². The van der Waals surface area contributed by atoms with Crippen LogP contribution in [0.2, 0.25) is 19.6 Å². The van der Waals surface area contributed by atoms with Crippen LogP contribution in [0.5, 0.6) is 0 Å². The quantitative estimate of drug-likeness (QED) is 0.664. The highest BCUT2D eigenvalue weighted by Crippen LogP contribution is 2.13. The maximum absolute atomic E-state index is 3.53. The highest BCUT2D eigenvalue weighted by molar-refractivity contribution is 9.10. The smallest absolute Gasteiger partial charge is 0.0656 e. The maximum atomic E-state index is 3.53. The van der Waals surface area contributed by atoms with E-state index in [-0.39, 0.29) is 0 Å². The van der Waals surface area contributed by atoms with Gasteiger partial charge in [0.2, 0.25) is 0 Å². The molecule has 0 heterocycles. The van der Waals surface area contributed by atoms with E-state index in [1.165, 1.54) is 15.2 Å². The average Bonchev–Trinajstić information content (AvgIpc) is 1.82. The fraction of sp³-hybridized carbons (Fsp3) is 0.400. The molecule has 0 amide bonds. The molecule has 0 fully saturated rings. The van der Waals surface area contributed by atoms with E-state index < -0.39 is 8.07 Å². The zero-order valence-corrected chi connectivity index (χ0v) is 10.7. The third-order valence-corrected chi connectivity index (χ3v) is 4.39. The fourth-order valence-corrected chi connectivity index (χ4v) is 3.24. The van der Waals surface area contributed by atoms with Gasteiger partial charge in [-0.1, -0.05) is 52.4 Å². The van der Waals surface area contributed by atoms with Crippen molar-refractivity contribution in [3.8, 4) is 0 Å². The van der Waals surface area contributed by atoms with Crippen molar-refractivity contribution in [2.75, 3.05) is 0 Å². The Morgan fingerprint density at radius 3 is 2.08 bits per heavy atom. The van der Waals surface area contributed by atoms with Crippen molar-refractivity contribution in [3.05, 3.63) is 28.2 Å². The summed E-state index contributed by atoms with van der Waals surface area (Å²) in [5, 5.41) is 1.52. The second kappa shape index (κ2) is 3.34. The van der Waals surface area contributed by atoms with Crippen molar-refractivity contribution in [1.82, 2.24) is 0 Å². The van der Waals surface area contributed by atoms with Gasteiger partial charge in [0.1, 0.15) is 0 Å². The van der Waals surface area contributed by atoms with Crippen molar-refractivity contribution >= 4 is 29.2 Å². The molecule has 0 saturated carbocycles. The van der Waals surface area contributed by atoms with Gasteiger partial charge in [-0.3, -0.25) is 0 Å². The van der Waals surface area contributed by atoms with Crippen molar-refractivity contribution in [2.24, 2.45) is 0 Å². The SMILES string of the molecule is Cc1cc(Br)cc([Si](C)(C)C)c1. The normalized spacial score (nSPS) is 11.8. The largest absolute Gasteiger partial charge is 0.0776 e. The summed E-state index contributed by atoms with van der Waals surface area (Å²) in [6.45, 7) is 9.25. The fourth-order valence-electron chi connectivity index (χ4n) is 1.17. The van der Waals surface area contributed by atoms with Crippen LogP contribution in [-0.2, 0) is 0 Å². The minimum atomic E-state index is -1.13. The van der Waals surface area contributed by atoms with Crippen LogP contribution in [0.4, 0.5) is 0 Å². The molecule has 2 heteroatoms. The number of rotatable bonds is 1. The molecule has 0 radical (unpaired) electrons. The number of benzene rings is 1. The Morgan fingerprint density at radius 2 is 1.67 bits per heavy atom. The zero-order valence-electron chi connectivity index (χ0n) is 8.11. The molecular weight excluding hydrogens is 228 g/mol. The van der Waals surface area contributed by atoms with E-state index in [1.54, 1.807) is 0 Å². The molecule has 0 aromatic heterocycles. The lowest BCUT2D eigenvalue weighted by atomic mass is 10.2. The molecule has 0 N–H and O–H groups in total. The Balaban J connectivity index is 3.18. The summed E-state index contributed by atoms with van der Waals surface area (Å²) in [7, 11) is -1.13. The van der Waals surface area contributed by atoms with E-state index in [2.05, 4.69) is 60.7 Å². The monoisotopic (exact) mass is 242 g/mol. The molecule has 0 aliphatic heterocycles. The molecule has 1 aromatic rings. The predicted molar refractivity (Wildman–Crippen MR) is 61.9 cm³/mol. The standard InChI is InChI=1S/C10H15BrSi/c1-8-5-9(11)7-10(6-8)12(2,3)4/h5-7H,1-4H3. The third-order valence-electron chi connectivity index (χ3n) is 1.91. The third kappa shape index (κ3) is 2.46. The summed E-state index contributed by atoms with van der Waals surface area (Å²) in [4.78, 5) is 0. The second-order valence-electron chi connectivity index (χ2n) is 4.27. The number of halogens is 1. The summed E-state index contributed by atoms with van der Waals surface area (Å²) in [5.74, 6) is 0. The Labute approximate surface area is 84.1 Å². The van der Waals surface area contributed by atoms with Crippen LogP contribution in [0, 0.1) is 6.92 Å². The highest BCUT2D eigenvalue weighted by atomic mass is 79.9. The van der Waals surface area contributed by atoms with Crippen LogP contribution >= 0.6 is 15.9 Å². The first-order chi connectivity index (χ1) is 5.39. The van der Waals surface area contributed by atoms with E-state index in [4.69, 9.17) is 0 Å². The van der Waals surface area contributed by atoms with Crippen LogP contribution < -0.4 is 5.19 Å². The van der Waals surface area contributed by atoms with Gasteiger partial charge in [-0.05, 0) is 19.1 Å². The van der Waals surface area contributed by atoms with Crippen LogP contribution in [0.3, 0.4) is 0 Å². The lowest BCUT2D eigenvalue weighted by molar-refractivity contribution is 1.46. The summed E-state index contributed by atoms with van der Waals surface area (Å²) in [6.07, 6.45) is 0. The van der Waals surface area contributed by atoms with Gasteiger partial charge in [-0.15, -0.1) is 0 Å². The van der Waals surface area contributed by atoms with E-state index >= 15 is 0 Å². The van der Waals surface area contributed by atoms with E-state index in [0.717, 1.165) is 0 Å². The van der Waals surface area contributed by atoms with Crippen molar-refractivity contribution in [2.45, 2.75) is 26.6 Å². The van der Waals surface area contributed by atoms with E-state index in [9.17, 15) is 0 Å². The van der Waals surface area contributed by atoms with E-state index in [1.807, 2.05) is 0 Å². The lowest BCUT2D eigenvalue weighted by Crippen LogP contribution is -2.37. The molecule has 66 valence electrons. The average molecular weight is 243 g/mol. The summed E-state index contributed by atoms with van der Waals surface area (Å²) >= 11 is 3.53. The topological polar surface area (TPSA) is 0 Å². The minimum absolute atomic E-state index is 1.13. The molecule has 0 aliphatic carbocycles. The first-order valence-corrected chi connectivity index (χ1v) is 8.46. The molecule has 0 atom stereocenters. The van der Waals surface area contributed by atoms with Crippen molar-refractivity contribution in [1.29, 1.82) is 0 Å². The molecule has 0 bridgehead atoms. The molecular formula is C10H15BrSi. The minimum Gasteiger partial charge on any atom is -0.0656 e. The van der Waals surface area contributed by atoms with Crippen LogP contribution in [-0.4, -0.2) is 8.07 Å². The Kier molecular flexibility index (Phi) is 2.79. The summed E-state index contributed by atoms with van der Waals surface area (Å²) in [5.41, 5.74) is 1.35. The molecule has 0 spiro atoms. The molecule has 0 saturated heterocycles. The number of hydrogen-bond acceptors (Lipinski definition) is 0. The van der Waals surface area contributed by atoms with Gasteiger partial charge in [0, 0.05) is 4.47 Å². The van der Waals surface area contributed by atoms with Gasteiger partial charge < -0.3 is 0 Å². The lowest BCUT2D eigenvalue weighted by Gasteiger charge is -2.17. The van der Waals surface area contributed by atoms with Crippen molar-refractivity contribution in [3.63, 3.8) is 0 Å². The molecule has 12 heavy (non-hydrogen) atoms. The molecule has 0 nitrogen and oxygen atoms in total.